The molecule has 0 radical (unpaired) electrons. The monoisotopic (exact) mass is 300 g/mol. The van der Waals surface area contributed by atoms with Crippen molar-refractivity contribution < 1.29 is 9.53 Å². The van der Waals surface area contributed by atoms with E-state index in [1.54, 1.807) is 25.3 Å². The zero-order chi connectivity index (χ0) is 15.4. The molecule has 0 saturated heterocycles. The normalized spacial score (nSPS) is 10.9. The molecule has 108 valence electrons. The fourth-order valence-corrected chi connectivity index (χ4v) is 2.34. The minimum Gasteiger partial charge on any atom is -0.496 e. The van der Waals surface area contributed by atoms with Gasteiger partial charge in [0.2, 0.25) is 0 Å². The predicted octanol–water partition coefficient (Wildman–Crippen LogP) is 4.86. The van der Waals surface area contributed by atoms with Gasteiger partial charge in [-0.3, -0.25) is 4.79 Å². The van der Waals surface area contributed by atoms with E-state index in [-0.39, 0.29) is 5.78 Å². The molecule has 0 aromatic heterocycles. The Morgan fingerprint density at radius 3 is 2.43 bits per heavy atom. The van der Waals surface area contributed by atoms with Crippen molar-refractivity contribution in [3.05, 3.63) is 69.8 Å². The fourth-order valence-electron chi connectivity index (χ4n) is 2.15. The molecule has 2 rings (SSSR count). The summed E-state index contributed by atoms with van der Waals surface area (Å²) in [5, 5.41) is 0.575. The van der Waals surface area contributed by atoms with Crippen LogP contribution in [0.5, 0.6) is 5.75 Å². The van der Waals surface area contributed by atoms with Crippen LogP contribution in [0.15, 0.2) is 42.5 Å². The smallest absolute Gasteiger partial charge is 0.186 e. The molecule has 0 aliphatic heterocycles. The standard InChI is InChI=1S/C18H17ClO2/c1-12-15(11-17(21-3)13(2)18(12)19)16(20)10-9-14-7-5-4-6-8-14/h4-11H,1-3H3/b10-9+. The van der Waals surface area contributed by atoms with Gasteiger partial charge in [-0.05, 0) is 37.1 Å². The number of halogens is 1. The van der Waals surface area contributed by atoms with E-state index in [4.69, 9.17) is 16.3 Å². The largest absolute Gasteiger partial charge is 0.496 e. The predicted molar refractivity (Wildman–Crippen MR) is 87.3 cm³/mol. The molecule has 0 spiro atoms. The highest BCUT2D eigenvalue weighted by Crippen LogP contribution is 2.32. The Kier molecular flexibility index (Phi) is 4.81. The Bertz CT molecular complexity index is 688. The Balaban J connectivity index is 2.36. The van der Waals surface area contributed by atoms with Gasteiger partial charge in [0.15, 0.2) is 5.78 Å². The van der Waals surface area contributed by atoms with Crippen molar-refractivity contribution in [2.24, 2.45) is 0 Å². The minimum atomic E-state index is -0.0865. The number of carbonyl (C=O) groups excluding carboxylic acids is 1. The Morgan fingerprint density at radius 1 is 1.14 bits per heavy atom. The lowest BCUT2D eigenvalue weighted by Gasteiger charge is -2.12. The number of hydrogen-bond acceptors (Lipinski definition) is 2. The van der Waals surface area contributed by atoms with E-state index in [1.165, 1.54) is 0 Å². The highest BCUT2D eigenvalue weighted by atomic mass is 35.5. The first-order valence-corrected chi connectivity index (χ1v) is 7.03. The quantitative estimate of drug-likeness (QED) is 0.595. The van der Waals surface area contributed by atoms with Crippen molar-refractivity contribution in [1.82, 2.24) is 0 Å². The second kappa shape index (κ2) is 6.59. The van der Waals surface area contributed by atoms with Gasteiger partial charge in [0, 0.05) is 11.1 Å². The average molecular weight is 301 g/mol. The first-order chi connectivity index (χ1) is 10.0. The number of ketones is 1. The molecule has 0 bridgehead atoms. The highest BCUT2D eigenvalue weighted by Gasteiger charge is 2.15. The molecule has 0 amide bonds. The summed E-state index contributed by atoms with van der Waals surface area (Å²) in [6.45, 7) is 3.72. The average Bonchev–Trinajstić information content (AvgIpc) is 2.52. The number of carbonyl (C=O) groups is 1. The van der Waals surface area contributed by atoms with Gasteiger partial charge < -0.3 is 4.74 Å². The van der Waals surface area contributed by atoms with Crippen LogP contribution >= 0.6 is 11.6 Å². The first-order valence-electron chi connectivity index (χ1n) is 6.65. The lowest BCUT2D eigenvalue weighted by Crippen LogP contribution is -2.02. The number of hydrogen-bond donors (Lipinski definition) is 0. The van der Waals surface area contributed by atoms with E-state index in [0.717, 1.165) is 16.7 Å². The molecular weight excluding hydrogens is 284 g/mol. The number of benzene rings is 2. The van der Waals surface area contributed by atoms with Gasteiger partial charge in [0.25, 0.3) is 0 Å². The van der Waals surface area contributed by atoms with Gasteiger partial charge in [0.1, 0.15) is 5.75 Å². The van der Waals surface area contributed by atoms with Crippen LogP contribution in [0.25, 0.3) is 6.08 Å². The van der Waals surface area contributed by atoms with E-state index in [0.29, 0.717) is 16.3 Å². The number of rotatable bonds is 4. The molecule has 0 aliphatic rings. The first kappa shape index (κ1) is 15.3. The van der Waals surface area contributed by atoms with E-state index < -0.39 is 0 Å². The van der Waals surface area contributed by atoms with Crippen molar-refractivity contribution in [3.8, 4) is 5.75 Å². The van der Waals surface area contributed by atoms with Gasteiger partial charge in [-0.1, -0.05) is 48.0 Å². The molecule has 2 aromatic carbocycles. The summed E-state index contributed by atoms with van der Waals surface area (Å²) in [7, 11) is 1.57. The molecule has 3 heteroatoms. The molecule has 2 aromatic rings. The fraction of sp³-hybridized carbons (Fsp3) is 0.167. The number of allylic oxidation sites excluding steroid dienone is 1. The molecule has 21 heavy (non-hydrogen) atoms. The van der Waals surface area contributed by atoms with Crippen LogP contribution in [0.3, 0.4) is 0 Å². The van der Waals surface area contributed by atoms with E-state index in [9.17, 15) is 4.79 Å². The van der Waals surface area contributed by atoms with Crippen molar-refractivity contribution in [3.63, 3.8) is 0 Å². The Morgan fingerprint density at radius 2 is 1.81 bits per heavy atom. The summed E-state index contributed by atoms with van der Waals surface area (Å²) in [5.41, 5.74) is 3.17. The molecule has 0 N–H and O–H groups in total. The topological polar surface area (TPSA) is 26.3 Å². The Hall–Kier alpha value is -2.06. The van der Waals surface area contributed by atoms with Crippen LogP contribution in [-0.2, 0) is 0 Å². The third-order valence-corrected chi connectivity index (χ3v) is 3.99. The highest BCUT2D eigenvalue weighted by molar-refractivity contribution is 6.33. The zero-order valence-electron chi connectivity index (χ0n) is 12.3. The second-order valence-corrected chi connectivity index (χ2v) is 5.18. The summed E-state index contributed by atoms with van der Waals surface area (Å²) in [6, 6.07) is 11.4. The third kappa shape index (κ3) is 3.34. The maximum Gasteiger partial charge on any atom is 0.186 e. The minimum absolute atomic E-state index is 0.0865. The molecule has 0 aliphatic carbocycles. The summed E-state index contributed by atoms with van der Waals surface area (Å²) < 4.78 is 5.27. The molecular formula is C18H17ClO2. The van der Waals surface area contributed by atoms with Gasteiger partial charge in [-0.15, -0.1) is 0 Å². The summed E-state index contributed by atoms with van der Waals surface area (Å²) in [4.78, 5) is 12.4. The van der Waals surface area contributed by atoms with Crippen molar-refractivity contribution >= 4 is 23.5 Å². The van der Waals surface area contributed by atoms with Crippen LogP contribution in [0.2, 0.25) is 5.02 Å². The zero-order valence-corrected chi connectivity index (χ0v) is 13.1. The Labute approximate surface area is 130 Å². The van der Waals surface area contributed by atoms with Crippen molar-refractivity contribution in [1.29, 1.82) is 0 Å². The maximum absolute atomic E-state index is 12.4. The van der Waals surface area contributed by atoms with Crippen LogP contribution in [-0.4, -0.2) is 12.9 Å². The summed E-state index contributed by atoms with van der Waals surface area (Å²) >= 11 is 6.27. The molecule has 2 nitrogen and oxygen atoms in total. The third-order valence-electron chi connectivity index (χ3n) is 3.42. The molecule has 0 unspecified atom stereocenters. The van der Waals surface area contributed by atoms with E-state index in [1.807, 2.05) is 44.2 Å². The summed E-state index contributed by atoms with van der Waals surface area (Å²) in [6.07, 6.45) is 3.35. The summed E-state index contributed by atoms with van der Waals surface area (Å²) in [5.74, 6) is 0.540. The second-order valence-electron chi connectivity index (χ2n) is 4.80. The van der Waals surface area contributed by atoms with Crippen molar-refractivity contribution in [2.45, 2.75) is 13.8 Å². The van der Waals surface area contributed by atoms with Crippen LogP contribution < -0.4 is 4.74 Å². The number of methoxy groups -OCH3 is 1. The molecule has 0 fully saturated rings. The lowest BCUT2D eigenvalue weighted by molar-refractivity contribution is 0.104. The molecule has 0 atom stereocenters. The molecule has 0 heterocycles. The van der Waals surface area contributed by atoms with Crippen LogP contribution in [0.4, 0.5) is 0 Å². The lowest BCUT2D eigenvalue weighted by atomic mass is 10.00. The molecule has 0 saturated carbocycles. The van der Waals surface area contributed by atoms with E-state index in [2.05, 4.69) is 0 Å². The number of ether oxygens (including phenoxy) is 1. The maximum atomic E-state index is 12.4. The van der Waals surface area contributed by atoms with Crippen molar-refractivity contribution in [2.75, 3.05) is 7.11 Å². The van der Waals surface area contributed by atoms with Crippen LogP contribution in [0, 0.1) is 13.8 Å². The van der Waals surface area contributed by atoms with Gasteiger partial charge in [-0.25, -0.2) is 0 Å². The van der Waals surface area contributed by atoms with E-state index >= 15 is 0 Å². The van der Waals surface area contributed by atoms with Crippen LogP contribution in [0.1, 0.15) is 27.0 Å². The van der Waals surface area contributed by atoms with Gasteiger partial charge in [0.05, 0.1) is 12.1 Å². The van der Waals surface area contributed by atoms with Gasteiger partial charge >= 0.3 is 0 Å². The van der Waals surface area contributed by atoms with Gasteiger partial charge in [-0.2, -0.15) is 0 Å². The SMILES string of the molecule is COc1cc(C(=O)/C=C/c2ccccc2)c(C)c(Cl)c1C.